The molecule has 3 aromatic rings. The zero-order valence-electron chi connectivity index (χ0n) is 18.5. The average molecular weight is 460 g/mol. The van der Waals surface area contributed by atoms with Crippen molar-refractivity contribution in [3.05, 3.63) is 24.0 Å². The number of morpholine rings is 1. The molecule has 12 heteroatoms. The number of nitrogens with one attached hydrogen (secondary N) is 1. The lowest BCUT2D eigenvalue weighted by Gasteiger charge is -2.28. The molecule has 0 amide bonds. The fraction of sp³-hybridized carbons (Fsp3) is 0.524. The number of fused-ring (bicyclic) bond motifs is 1. The number of aromatic nitrogens is 5. The topological polar surface area (TPSA) is 93.5 Å². The number of hydrogen-bond donors (Lipinski definition) is 1. The summed E-state index contributed by atoms with van der Waals surface area (Å²) < 4.78 is 40.3. The zero-order chi connectivity index (χ0) is 22.9. The molecule has 33 heavy (non-hydrogen) atoms. The second kappa shape index (κ2) is 9.02. The molecule has 2 aliphatic heterocycles. The van der Waals surface area contributed by atoms with E-state index in [1.54, 1.807) is 18.2 Å². The Labute approximate surface area is 189 Å². The Kier molecular flexibility index (Phi) is 5.94. The first-order valence-electron chi connectivity index (χ1n) is 10.9. The van der Waals surface area contributed by atoms with Gasteiger partial charge in [-0.05, 0) is 25.6 Å². The van der Waals surface area contributed by atoms with Crippen LogP contribution >= 0.6 is 0 Å². The third-order valence-corrected chi connectivity index (χ3v) is 6.06. The summed E-state index contributed by atoms with van der Waals surface area (Å²) in [7, 11) is 3.41. The molecule has 1 N–H and O–H groups in total. The highest BCUT2D eigenvalue weighted by Crippen LogP contribution is 2.32. The van der Waals surface area contributed by atoms with Crippen LogP contribution in [-0.2, 0) is 4.74 Å². The van der Waals surface area contributed by atoms with Crippen molar-refractivity contribution in [1.29, 1.82) is 0 Å². The molecule has 2 fully saturated rings. The summed E-state index contributed by atoms with van der Waals surface area (Å²) in [5, 5.41) is 3.28. The molecular formula is C21H26F2N8O2. The Balaban J connectivity index is 1.68. The minimum atomic E-state index is -2.82. The summed E-state index contributed by atoms with van der Waals surface area (Å²) in [5.41, 5.74) is 0.783. The van der Waals surface area contributed by atoms with E-state index >= 15 is 0 Å². The number of halogens is 2. The molecule has 0 aliphatic carbocycles. The van der Waals surface area contributed by atoms with Gasteiger partial charge in [0, 0.05) is 32.2 Å². The maximum atomic E-state index is 14.1. The summed E-state index contributed by atoms with van der Waals surface area (Å²) in [6, 6.07) is 5.45. The van der Waals surface area contributed by atoms with Gasteiger partial charge in [0.1, 0.15) is 11.3 Å². The Hall–Kier alpha value is -3.12. The molecule has 1 atom stereocenters. The fourth-order valence-electron chi connectivity index (χ4n) is 4.28. The van der Waals surface area contributed by atoms with Gasteiger partial charge >= 0.3 is 0 Å². The third kappa shape index (κ3) is 4.04. The Morgan fingerprint density at radius 2 is 1.76 bits per heavy atom. The normalized spacial score (nSPS) is 19.1. The number of imidazole rings is 1. The van der Waals surface area contributed by atoms with Crippen LogP contribution < -0.4 is 19.9 Å². The fourth-order valence-corrected chi connectivity index (χ4v) is 4.28. The second-order valence-electron chi connectivity index (χ2n) is 7.99. The highest BCUT2D eigenvalue weighted by molar-refractivity contribution is 5.84. The van der Waals surface area contributed by atoms with Crippen molar-refractivity contribution < 1.29 is 18.3 Å². The molecule has 2 aromatic heterocycles. The van der Waals surface area contributed by atoms with Gasteiger partial charge in [-0.15, -0.1) is 0 Å². The molecule has 176 valence electrons. The van der Waals surface area contributed by atoms with Crippen LogP contribution in [0, 0.1) is 0 Å². The van der Waals surface area contributed by atoms with E-state index in [9.17, 15) is 8.78 Å². The van der Waals surface area contributed by atoms with Crippen molar-refractivity contribution in [3.8, 4) is 11.7 Å². The standard InChI is InChI=1S/C21H26F2N8O2/c1-24-13-6-7-30(12-13)20-26-19(29-8-10-33-11-9-29)27-21(28-20)31-14-4-3-5-15(32-2)16(14)25-18(31)17(22)23/h3-5,13,17,24H,6-12H2,1-2H3. The molecule has 0 spiro atoms. The van der Waals surface area contributed by atoms with E-state index in [2.05, 4.69) is 25.2 Å². The zero-order valence-corrected chi connectivity index (χ0v) is 18.5. The van der Waals surface area contributed by atoms with Crippen LogP contribution in [0.25, 0.3) is 17.0 Å². The minimum absolute atomic E-state index is 0.112. The van der Waals surface area contributed by atoms with Crippen molar-refractivity contribution in [1.82, 2.24) is 29.8 Å². The van der Waals surface area contributed by atoms with Crippen molar-refractivity contribution in [2.24, 2.45) is 0 Å². The van der Waals surface area contributed by atoms with E-state index in [0.717, 1.165) is 19.5 Å². The van der Waals surface area contributed by atoms with Crippen LogP contribution in [0.5, 0.6) is 5.75 Å². The van der Waals surface area contributed by atoms with Crippen LogP contribution in [0.1, 0.15) is 18.7 Å². The van der Waals surface area contributed by atoms with Crippen LogP contribution in [0.15, 0.2) is 18.2 Å². The number of nitrogens with zero attached hydrogens (tertiary/aromatic N) is 7. The Morgan fingerprint density at radius 3 is 2.42 bits per heavy atom. The van der Waals surface area contributed by atoms with Crippen molar-refractivity contribution >= 4 is 22.9 Å². The maximum absolute atomic E-state index is 14.1. The first-order chi connectivity index (χ1) is 16.1. The van der Waals surface area contributed by atoms with Gasteiger partial charge < -0.3 is 24.6 Å². The number of para-hydroxylation sites is 1. The summed E-state index contributed by atoms with van der Waals surface area (Å²) in [4.78, 5) is 22.2. The van der Waals surface area contributed by atoms with Gasteiger partial charge in [-0.3, -0.25) is 4.57 Å². The van der Waals surface area contributed by atoms with Gasteiger partial charge in [-0.1, -0.05) is 6.07 Å². The molecule has 10 nitrogen and oxygen atoms in total. The van der Waals surface area contributed by atoms with Gasteiger partial charge in [0.2, 0.25) is 17.8 Å². The summed E-state index contributed by atoms with van der Waals surface area (Å²) >= 11 is 0. The smallest absolute Gasteiger partial charge is 0.296 e. The van der Waals surface area contributed by atoms with Crippen LogP contribution in [0.4, 0.5) is 20.7 Å². The summed E-state index contributed by atoms with van der Waals surface area (Å²) in [5.74, 6) is 0.988. The number of rotatable bonds is 6. The third-order valence-electron chi connectivity index (χ3n) is 6.06. The highest BCUT2D eigenvalue weighted by Gasteiger charge is 2.28. The van der Waals surface area contributed by atoms with E-state index in [1.807, 2.05) is 11.9 Å². The van der Waals surface area contributed by atoms with E-state index in [1.165, 1.54) is 11.7 Å². The predicted molar refractivity (Wildman–Crippen MR) is 119 cm³/mol. The van der Waals surface area contributed by atoms with Gasteiger partial charge in [-0.2, -0.15) is 15.0 Å². The number of ether oxygens (including phenoxy) is 2. The molecular weight excluding hydrogens is 434 g/mol. The summed E-state index contributed by atoms with van der Waals surface area (Å²) in [6.07, 6.45) is -1.88. The van der Waals surface area contributed by atoms with E-state index in [-0.39, 0.29) is 5.95 Å². The lowest BCUT2D eigenvalue weighted by molar-refractivity contribution is 0.122. The molecule has 0 bridgehead atoms. The lowest BCUT2D eigenvalue weighted by atomic mass is 10.3. The van der Waals surface area contributed by atoms with Gasteiger partial charge in [0.05, 0.1) is 25.8 Å². The minimum Gasteiger partial charge on any atom is -0.494 e. The van der Waals surface area contributed by atoms with E-state index < -0.39 is 12.2 Å². The van der Waals surface area contributed by atoms with Crippen LogP contribution in [0.2, 0.25) is 0 Å². The van der Waals surface area contributed by atoms with Crippen molar-refractivity contribution in [2.75, 3.05) is 63.4 Å². The average Bonchev–Trinajstić information content (AvgIpc) is 3.49. The molecule has 5 rings (SSSR count). The Morgan fingerprint density at radius 1 is 1.03 bits per heavy atom. The number of methoxy groups -OCH3 is 1. The van der Waals surface area contributed by atoms with Crippen molar-refractivity contribution in [2.45, 2.75) is 18.9 Å². The van der Waals surface area contributed by atoms with Gasteiger partial charge in [0.25, 0.3) is 6.43 Å². The first kappa shape index (κ1) is 21.7. The predicted octanol–water partition coefficient (Wildman–Crippen LogP) is 1.79. The molecule has 1 aromatic carbocycles. The van der Waals surface area contributed by atoms with Gasteiger partial charge in [0.15, 0.2) is 5.82 Å². The van der Waals surface area contributed by atoms with Crippen LogP contribution in [0.3, 0.4) is 0 Å². The monoisotopic (exact) mass is 460 g/mol. The van der Waals surface area contributed by atoms with Crippen molar-refractivity contribution in [3.63, 3.8) is 0 Å². The second-order valence-corrected chi connectivity index (χ2v) is 7.99. The highest BCUT2D eigenvalue weighted by atomic mass is 19.3. The molecule has 2 saturated heterocycles. The number of hydrogen-bond acceptors (Lipinski definition) is 9. The first-order valence-corrected chi connectivity index (χ1v) is 10.9. The van der Waals surface area contributed by atoms with E-state index in [4.69, 9.17) is 14.5 Å². The molecule has 2 aliphatic rings. The largest absolute Gasteiger partial charge is 0.494 e. The van der Waals surface area contributed by atoms with Crippen LogP contribution in [-0.4, -0.2) is 84.1 Å². The molecule has 4 heterocycles. The number of alkyl halides is 2. The molecule has 0 radical (unpaired) electrons. The number of benzene rings is 1. The number of likely N-dealkylation sites (N-methyl/N-ethyl adjacent to an activating group) is 1. The lowest BCUT2D eigenvalue weighted by Crippen LogP contribution is -2.38. The Bertz CT molecular complexity index is 1130. The van der Waals surface area contributed by atoms with E-state index in [0.29, 0.717) is 61.0 Å². The number of anilines is 2. The van der Waals surface area contributed by atoms with Gasteiger partial charge in [-0.25, -0.2) is 13.8 Å². The quantitative estimate of drug-likeness (QED) is 0.591. The molecule has 0 saturated carbocycles. The maximum Gasteiger partial charge on any atom is 0.296 e. The molecule has 1 unspecified atom stereocenters. The summed E-state index contributed by atoms with van der Waals surface area (Å²) in [6.45, 7) is 3.82. The SMILES string of the molecule is CNC1CCN(c2nc(N3CCOCC3)nc(-n3c(C(F)F)nc4c(OC)cccc43)n2)C1.